The van der Waals surface area contributed by atoms with Crippen LogP contribution in [0, 0.1) is 5.92 Å². The lowest BCUT2D eigenvalue weighted by Crippen LogP contribution is -2.23. The Morgan fingerprint density at radius 1 is 1.16 bits per heavy atom. The monoisotopic (exact) mass is 254 g/mol. The zero-order valence-electron chi connectivity index (χ0n) is 11.5. The summed E-state index contributed by atoms with van der Waals surface area (Å²) in [7, 11) is 0. The minimum atomic E-state index is 0.515. The largest absolute Gasteiger partial charge is 0.351 e. The highest BCUT2D eigenvalue weighted by atomic mass is 15.0. The van der Waals surface area contributed by atoms with E-state index in [0.29, 0.717) is 6.04 Å². The highest BCUT2D eigenvalue weighted by Crippen LogP contribution is 2.41. The van der Waals surface area contributed by atoms with E-state index in [1.807, 2.05) is 0 Å². The molecule has 1 atom stereocenters. The fourth-order valence-electron chi connectivity index (χ4n) is 2.78. The van der Waals surface area contributed by atoms with Crippen molar-refractivity contribution < 1.29 is 0 Å². The predicted octanol–water partition coefficient (Wildman–Crippen LogP) is 3.75. The van der Waals surface area contributed by atoms with Crippen molar-refractivity contribution in [3.8, 4) is 0 Å². The Hall–Kier alpha value is -1.54. The Bertz CT molecular complexity index is 511. The number of nitrogens with one attached hydrogen (secondary N) is 1. The van der Waals surface area contributed by atoms with Gasteiger partial charge in [-0.2, -0.15) is 0 Å². The first kappa shape index (κ1) is 12.5. The second-order valence-corrected chi connectivity index (χ2v) is 5.39. The molecule has 1 N–H and O–H groups in total. The Morgan fingerprint density at radius 3 is 2.63 bits per heavy atom. The fourth-order valence-corrected chi connectivity index (χ4v) is 2.78. The van der Waals surface area contributed by atoms with E-state index in [1.54, 1.807) is 0 Å². The molecule has 100 valence electrons. The van der Waals surface area contributed by atoms with E-state index in [1.165, 1.54) is 24.1 Å². The fraction of sp³-hybridized carbons (Fsp3) is 0.412. The zero-order chi connectivity index (χ0) is 13.1. The molecule has 1 aliphatic rings. The molecule has 1 saturated carbocycles. The highest BCUT2D eigenvalue weighted by Gasteiger charge is 2.31. The van der Waals surface area contributed by atoms with Gasteiger partial charge in [0, 0.05) is 31.0 Å². The molecule has 2 nitrogen and oxygen atoms in total. The van der Waals surface area contributed by atoms with Crippen molar-refractivity contribution >= 4 is 0 Å². The third kappa shape index (κ3) is 2.90. The summed E-state index contributed by atoms with van der Waals surface area (Å²) < 4.78 is 2.31. The van der Waals surface area contributed by atoms with E-state index in [4.69, 9.17) is 0 Å². The standard InChI is InChI=1S/C17H22N2/c1-2-19-12-6-9-16(19)13-18-17(15-10-11-15)14-7-4-3-5-8-14/h3-9,12,15,17-18H,2,10-11,13H2,1H3. The van der Waals surface area contributed by atoms with Gasteiger partial charge in [0.05, 0.1) is 0 Å². The summed E-state index contributed by atoms with van der Waals surface area (Å²) in [4.78, 5) is 0. The molecule has 0 bridgehead atoms. The van der Waals surface area contributed by atoms with Crippen molar-refractivity contribution in [2.45, 2.75) is 38.9 Å². The molecule has 0 radical (unpaired) electrons. The first-order valence-corrected chi connectivity index (χ1v) is 7.31. The SMILES string of the molecule is CCn1cccc1CNC(c1ccccc1)C1CC1. The molecular formula is C17H22N2. The van der Waals surface area contributed by atoms with Crippen molar-refractivity contribution in [2.75, 3.05) is 0 Å². The number of aryl methyl sites for hydroxylation is 1. The molecule has 3 rings (SSSR count). The van der Waals surface area contributed by atoms with Crippen LogP contribution < -0.4 is 5.32 Å². The van der Waals surface area contributed by atoms with Crippen LogP contribution in [0.3, 0.4) is 0 Å². The Labute approximate surface area is 115 Å². The normalized spacial score (nSPS) is 16.5. The third-order valence-corrected chi connectivity index (χ3v) is 4.02. The van der Waals surface area contributed by atoms with Gasteiger partial charge >= 0.3 is 0 Å². The summed E-state index contributed by atoms with van der Waals surface area (Å²) in [5, 5.41) is 3.75. The summed E-state index contributed by atoms with van der Waals surface area (Å²) >= 11 is 0. The lowest BCUT2D eigenvalue weighted by molar-refractivity contribution is 0.469. The van der Waals surface area contributed by atoms with E-state index >= 15 is 0 Å². The molecule has 1 heterocycles. The van der Waals surface area contributed by atoms with Crippen LogP contribution in [0.4, 0.5) is 0 Å². The third-order valence-electron chi connectivity index (χ3n) is 4.02. The molecule has 1 unspecified atom stereocenters. The van der Waals surface area contributed by atoms with Crippen LogP contribution in [0.15, 0.2) is 48.7 Å². The molecule has 1 fully saturated rings. The molecule has 19 heavy (non-hydrogen) atoms. The number of nitrogens with zero attached hydrogens (tertiary/aromatic N) is 1. The smallest absolute Gasteiger partial charge is 0.0364 e. The van der Waals surface area contributed by atoms with Crippen LogP contribution in [0.2, 0.25) is 0 Å². The van der Waals surface area contributed by atoms with E-state index < -0.39 is 0 Å². The molecule has 1 aromatic carbocycles. The average Bonchev–Trinajstić information content (AvgIpc) is 3.18. The Morgan fingerprint density at radius 2 is 1.95 bits per heavy atom. The van der Waals surface area contributed by atoms with Gasteiger partial charge in [-0.3, -0.25) is 0 Å². The first-order valence-electron chi connectivity index (χ1n) is 7.31. The topological polar surface area (TPSA) is 17.0 Å². The van der Waals surface area contributed by atoms with Crippen molar-refractivity contribution in [3.05, 3.63) is 59.9 Å². The molecule has 0 spiro atoms. The van der Waals surface area contributed by atoms with Gasteiger partial charge in [0.25, 0.3) is 0 Å². The Kier molecular flexibility index (Phi) is 3.69. The highest BCUT2D eigenvalue weighted by molar-refractivity contribution is 5.21. The maximum atomic E-state index is 3.75. The molecule has 0 amide bonds. The van der Waals surface area contributed by atoms with Gasteiger partial charge in [0.2, 0.25) is 0 Å². The molecule has 1 aromatic heterocycles. The Balaban J connectivity index is 1.69. The van der Waals surface area contributed by atoms with Gasteiger partial charge in [-0.05, 0) is 43.4 Å². The summed E-state index contributed by atoms with van der Waals surface area (Å²) in [6.07, 6.45) is 4.88. The van der Waals surface area contributed by atoms with Crippen molar-refractivity contribution in [2.24, 2.45) is 5.92 Å². The molecule has 2 heteroatoms. The van der Waals surface area contributed by atoms with Gasteiger partial charge < -0.3 is 9.88 Å². The number of hydrogen-bond donors (Lipinski definition) is 1. The van der Waals surface area contributed by atoms with Crippen molar-refractivity contribution in [1.82, 2.24) is 9.88 Å². The first-order chi connectivity index (χ1) is 9.38. The van der Waals surface area contributed by atoms with E-state index in [-0.39, 0.29) is 0 Å². The van der Waals surface area contributed by atoms with E-state index in [0.717, 1.165) is 19.0 Å². The van der Waals surface area contributed by atoms with Gasteiger partial charge in [-0.25, -0.2) is 0 Å². The van der Waals surface area contributed by atoms with Crippen LogP contribution in [-0.4, -0.2) is 4.57 Å². The van der Waals surface area contributed by atoms with Gasteiger partial charge in [-0.1, -0.05) is 30.3 Å². The molecular weight excluding hydrogens is 232 g/mol. The van der Waals surface area contributed by atoms with Crippen LogP contribution in [0.5, 0.6) is 0 Å². The lowest BCUT2D eigenvalue weighted by atomic mass is 10.0. The van der Waals surface area contributed by atoms with Gasteiger partial charge in [-0.15, -0.1) is 0 Å². The van der Waals surface area contributed by atoms with Crippen LogP contribution in [0.1, 0.15) is 37.1 Å². The number of hydrogen-bond acceptors (Lipinski definition) is 1. The average molecular weight is 254 g/mol. The quantitative estimate of drug-likeness (QED) is 0.830. The molecule has 2 aromatic rings. The van der Waals surface area contributed by atoms with Crippen molar-refractivity contribution in [3.63, 3.8) is 0 Å². The second kappa shape index (κ2) is 5.62. The zero-order valence-corrected chi connectivity index (χ0v) is 11.5. The number of benzene rings is 1. The minimum absolute atomic E-state index is 0.515. The molecule has 0 aliphatic heterocycles. The maximum absolute atomic E-state index is 3.75. The number of rotatable bonds is 6. The van der Waals surface area contributed by atoms with Gasteiger partial charge in [0.15, 0.2) is 0 Å². The second-order valence-electron chi connectivity index (χ2n) is 5.39. The predicted molar refractivity (Wildman–Crippen MR) is 78.9 cm³/mol. The summed E-state index contributed by atoms with van der Waals surface area (Å²) in [6.45, 7) is 4.19. The van der Waals surface area contributed by atoms with E-state index in [2.05, 4.69) is 65.5 Å². The lowest BCUT2D eigenvalue weighted by Gasteiger charge is -2.19. The summed E-state index contributed by atoms with van der Waals surface area (Å²) in [5.41, 5.74) is 2.81. The van der Waals surface area contributed by atoms with Crippen LogP contribution in [0.25, 0.3) is 0 Å². The van der Waals surface area contributed by atoms with Crippen LogP contribution in [-0.2, 0) is 13.1 Å². The van der Waals surface area contributed by atoms with Crippen molar-refractivity contribution in [1.29, 1.82) is 0 Å². The summed E-state index contributed by atoms with van der Waals surface area (Å²) in [6, 6.07) is 15.7. The van der Waals surface area contributed by atoms with Gasteiger partial charge in [0.1, 0.15) is 0 Å². The molecule has 1 aliphatic carbocycles. The van der Waals surface area contributed by atoms with E-state index in [9.17, 15) is 0 Å². The maximum Gasteiger partial charge on any atom is 0.0364 e. The minimum Gasteiger partial charge on any atom is -0.351 e. The number of aromatic nitrogens is 1. The summed E-state index contributed by atoms with van der Waals surface area (Å²) in [5.74, 6) is 0.826. The molecule has 0 saturated heterocycles. The van der Waals surface area contributed by atoms with Crippen LogP contribution >= 0.6 is 0 Å².